The molecule has 0 atom stereocenters. The summed E-state index contributed by atoms with van der Waals surface area (Å²) in [6, 6.07) is 7.80. The number of ether oxygens (including phenoxy) is 1. The van der Waals surface area contributed by atoms with Gasteiger partial charge in [0.1, 0.15) is 9.71 Å². The Balaban J connectivity index is 2.29. The number of esters is 1. The summed E-state index contributed by atoms with van der Waals surface area (Å²) in [4.78, 5) is 22.3. The molecule has 0 aliphatic heterocycles. The van der Waals surface area contributed by atoms with Crippen molar-refractivity contribution >= 4 is 60.9 Å². The van der Waals surface area contributed by atoms with Gasteiger partial charge in [-0.15, -0.1) is 11.3 Å². The molecule has 24 heavy (non-hydrogen) atoms. The van der Waals surface area contributed by atoms with Crippen LogP contribution in [0.25, 0.3) is 21.5 Å². The molecule has 0 spiro atoms. The molecule has 124 valence electrons. The van der Waals surface area contributed by atoms with E-state index in [2.05, 4.69) is 25.9 Å². The molecule has 2 aromatic heterocycles. The number of nitrogens with zero attached hydrogens (tertiary/aromatic N) is 2. The molecule has 0 aliphatic carbocycles. The zero-order chi connectivity index (χ0) is 17.3. The predicted octanol–water partition coefficient (Wildman–Crippen LogP) is 4.60. The molecule has 0 fully saturated rings. The van der Waals surface area contributed by atoms with E-state index in [1.54, 1.807) is 6.92 Å². The lowest BCUT2D eigenvalue weighted by Gasteiger charge is -2.06. The van der Waals surface area contributed by atoms with Crippen molar-refractivity contribution in [1.29, 1.82) is 0 Å². The van der Waals surface area contributed by atoms with Crippen molar-refractivity contribution in [2.75, 3.05) is 18.6 Å². The van der Waals surface area contributed by atoms with Crippen molar-refractivity contribution in [3.8, 4) is 11.3 Å². The minimum atomic E-state index is -0.427. The van der Waals surface area contributed by atoms with E-state index in [1.807, 2.05) is 30.5 Å². The quantitative estimate of drug-likeness (QED) is 0.375. The van der Waals surface area contributed by atoms with Gasteiger partial charge < -0.3 is 10.5 Å². The van der Waals surface area contributed by atoms with Crippen LogP contribution in [0.1, 0.15) is 16.6 Å². The fourth-order valence-electron chi connectivity index (χ4n) is 2.29. The van der Waals surface area contributed by atoms with Crippen LogP contribution in [0.4, 0.5) is 5.69 Å². The minimum absolute atomic E-state index is 0.298. The van der Waals surface area contributed by atoms with Crippen molar-refractivity contribution in [3.05, 3.63) is 33.6 Å². The topological polar surface area (TPSA) is 78.1 Å². The average molecular weight is 424 g/mol. The smallest absolute Gasteiger partial charge is 0.350 e. The summed E-state index contributed by atoms with van der Waals surface area (Å²) in [5.74, 6) is -0.427. The van der Waals surface area contributed by atoms with E-state index in [0.29, 0.717) is 32.5 Å². The Hall–Kier alpha value is -1.64. The number of halogens is 1. The Morgan fingerprint density at radius 3 is 2.88 bits per heavy atom. The summed E-state index contributed by atoms with van der Waals surface area (Å²) in [5, 5.41) is 1.33. The number of hydrogen-bond acceptors (Lipinski definition) is 7. The first kappa shape index (κ1) is 17.2. The lowest BCUT2D eigenvalue weighted by molar-refractivity contribution is 0.0533. The first-order chi connectivity index (χ1) is 11.5. The Kier molecular flexibility index (Phi) is 5.07. The van der Waals surface area contributed by atoms with Gasteiger partial charge in [0.15, 0.2) is 5.16 Å². The predicted molar refractivity (Wildman–Crippen MR) is 103 cm³/mol. The maximum atomic E-state index is 12.1. The molecule has 8 heteroatoms. The van der Waals surface area contributed by atoms with Gasteiger partial charge in [0.2, 0.25) is 0 Å². The third-order valence-electron chi connectivity index (χ3n) is 3.31. The van der Waals surface area contributed by atoms with Crippen molar-refractivity contribution in [2.24, 2.45) is 0 Å². The van der Waals surface area contributed by atoms with Gasteiger partial charge in [0, 0.05) is 10.0 Å². The molecule has 0 radical (unpaired) electrons. The van der Waals surface area contributed by atoms with Crippen LogP contribution in [0.3, 0.4) is 0 Å². The SMILES string of the molecule is CCOC(=O)c1sc2nc(SC)nc(-c3cccc(Br)c3)c2c1N. The first-order valence-corrected chi connectivity index (χ1v) is 9.95. The van der Waals surface area contributed by atoms with Gasteiger partial charge in [-0.3, -0.25) is 0 Å². The van der Waals surface area contributed by atoms with Crippen LogP contribution >= 0.6 is 39.0 Å². The van der Waals surface area contributed by atoms with Crippen LogP contribution in [0.5, 0.6) is 0 Å². The maximum absolute atomic E-state index is 12.1. The molecule has 0 saturated heterocycles. The monoisotopic (exact) mass is 423 g/mol. The number of thioether (sulfide) groups is 1. The van der Waals surface area contributed by atoms with E-state index in [0.717, 1.165) is 15.7 Å². The number of rotatable bonds is 4. The minimum Gasteiger partial charge on any atom is -0.462 e. The molecule has 0 aliphatic rings. The van der Waals surface area contributed by atoms with Crippen molar-refractivity contribution in [3.63, 3.8) is 0 Å². The molecular formula is C16H14BrN3O2S2. The van der Waals surface area contributed by atoms with Crippen LogP contribution < -0.4 is 5.73 Å². The van der Waals surface area contributed by atoms with Crippen LogP contribution in [-0.2, 0) is 4.74 Å². The summed E-state index contributed by atoms with van der Waals surface area (Å²) >= 11 is 6.16. The standard InChI is InChI=1S/C16H14BrN3O2S2/c1-3-22-15(21)13-11(18)10-12(8-5-4-6-9(17)7-8)19-16(23-2)20-14(10)24-13/h4-7H,3,18H2,1-2H3. The fraction of sp³-hybridized carbons (Fsp3) is 0.188. The van der Waals surface area contributed by atoms with Gasteiger partial charge >= 0.3 is 5.97 Å². The van der Waals surface area contributed by atoms with Crippen LogP contribution in [0, 0.1) is 0 Å². The summed E-state index contributed by atoms with van der Waals surface area (Å²) in [6.07, 6.45) is 1.91. The second kappa shape index (κ2) is 7.08. The van der Waals surface area contributed by atoms with Gasteiger partial charge in [0.05, 0.1) is 23.4 Å². The molecule has 0 unspecified atom stereocenters. The number of thiophene rings is 1. The largest absolute Gasteiger partial charge is 0.462 e. The lowest BCUT2D eigenvalue weighted by atomic mass is 10.1. The number of fused-ring (bicyclic) bond motifs is 1. The van der Waals surface area contributed by atoms with Gasteiger partial charge in [-0.05, 0) is 25.3 Å². The molecule has 5 nitrogen and oxygen atoms in total. The van der Waals surface area contributed by atoms with E-state index in [1.165, 1.54) is 23.1 Å². The molecule has 3 rings (SSSR count). The molecule has 2 N–H and O–H groups in total. The summed E-state index contributed by atoms with van der Waals surface area (Å²) in [5.41, 5.74) is 8.25. The van der Waals surface area contributed by atoms with Crippen LogP contribution in [-0.4, -0.2) is 28.8 Å². The second-order valence-corrected chi connectivity index (χ2v) is 7.50. The van der Waals surface area contributed by atoms with E-state index in [4.69, 9.17) is 10.5 Å². The van der Waals surface area contributed by atoms with Gasteiger partial charge in [0.25, 0.3) is 0 Å². The maximum Gasteiger partial charge on any atom is 0.350 e. The number of hydrogen-bond donors (Lipinski definition) is 1. The highest BCUT2D eigenvalue weighted by molar-refractivity contribution is 9.10. The number of nitrogens with two attached hydrogens (primary N) is 1. The van der Waals surface area contributed by atoms with E-state index in [-0.39, 0.29) is 0 Å². The Bertz CT molecular complexity index is 927. The number of aromatic nitrogens is 2. The summed E-state index contributed by atoms with van der Waals surface area (Å²) in [6.45, 7) is 2.06. The second-order valence-electron chi connectivity index (χ2n) is 4.81. The molecule has 2 heterocycles. The fourth-order valence-corrected chi connectivity index (χ4v) is 4.10. The van der Waals surface area contributed by atoms with Crippen molar-refractivity contribution in [1.82, 2.24) is 9.97 Å². The highest BCUT2D eigenvalue weighted by atomic mass is 79.9. The third kappa shape index (κ3) is 3.13. The highest BCUT2D eigenvalue weighted by Gasteiger charge is 2.22. The third-order valence-corrected chi connectivity index (χ3v) is 5.43. The lowest BCUT2D eigenvalue weighted by Crippen LogP contribution is -2.05. The Morgan fingerprint density at radius 1 is 1.42 bits per heavy atom. The number of carbonyl (C=O) groups excluding carboxylic acids is 1. The van der Waals surface area contributed by atoms with Gasteiger partial charge in [-0.25, -0.2) is 14.8 Å². The van der Waals surface area contributed by atoms with Gasteiger partial charge in [-0.1, -0.05) is 39.8 Å². The number of carbonyl (C=O) groups is 1. The molecule has 3 aromatic rings. The Labute approximate surface area is 155 Å². The Morgan fingerprint density at radius 2 is 2.21 bits per heavy atom. The molecule has 0 bridgehead atoms. The average Bonchev–Trinajstić information content (AvgIpc) is 2.91. The van der Waals surface area contributed by atoms with E-state index >= 15 is 0 Å². The summed E-state index contributed by atoms with van der Waals surface area (Å²) in [7, 11) is 0. The summed E-state index contributed by atoms with van der Waals surface area (Å²) < 4.78 is 6.03. The van der Waals surface area contributed by atoms with E-state index < -0.39 is 5.97 Å². The van der Waals surface area contributed by atoms with E-state index in [9.17, 15) is 4.79 Å². The van der Waals surface area contributed by atoms with Crippen LogP contribution in [0.2, 0.25) is 0 Å². The zero-order valence-electron chi connectivity index (χ0n) is 13.0. The number of anilines is 1. The first-order valence-electron chi connectivity index (χ1n) is 7.12. The molecule has 1 aromatic carbocycles. The number of benzene rings is 1. The molecule has 0 saturated carbocycles. The zero-order valence-corrected chi connectivity index (χ0v) is 16.2. The van der Waals surface area contributed by atoms with Crippen molar-refractivity contribution in [2.45, 2.75) is 12.1 Å². The van der Waals surface area contributed by atoms with Gasteiger partial charge in [-0.2, -0.15) is 0 Å². The van der Waals surface area contributed by atoms with Crippen molar-refractivity contribution < 1.29 is 9.53 Å². The number of nitrogen functional groups attached to an aromatic ring is 1. The molecular weight excluding hydrogens is 410 g/mol. The highest BCUT2D eigenvalue weighted by Crippen LogP contribution is 2.40. The van der Waals surface area contributed by atoms with Crippen LogP contribution in [0.15, 0.2) is 33.9 Å². The normalized spacial score (nSPS) is 11.0. The molecule has 0 amide bonds.